The van der Waals surface area contributed by atoms with Crippen molar-refractivity contribution in [1.29, 1.82) is 0 Å². The number of hydrogen-bond acceptors (Lipinski definition) is 8. The van der Waals surface area contributed by atoms with Gasteiger partial charge < -0.3 is 33.2 Å². The summed E-state index contributed by atoms with van der Waals surface area (Å²) >= 11 is 0. The van der Waals surface area contributed by atoms with Gasteiger partial charge in [0.2, 0.25) is 5.75 Å². The molecule has 1 aliphatic rings. The number of amides is 1. The zero-order valence-corrected chi connectivity index (χ0v) is 23.0. The van der Waals surface area contributed by atoms with E-state index in [1.807, 2.05) is 47.3 Å². The minimum Gasteiger partial charge on any atom is -0.505 e. The molecule has 1 amide bonds. The van der Waals surface area contributed by atoms with Crippen LogP contribution in [0.4, 0.5) is 0 Å². The lowest BCUT2D eigenvalue weighted by Gasteiger charge is -2.26. The number of pyridine rings is 1. The van der Waals surface area contributed by atoms with E-state index in [4.69, 9.17) is 14.2 Å². The maximum Gasteiger partial charge on any atom is 0.295 e. The van der Waals surface area contributed by atoms with Gasteiger partial charge in [-0.25, -0.2) is 9.97 Å². The molecule has 11 nitrogen and oxygen atoms in total. The molecule has 4 aromatic rings. The van der Waals surface area contributed by atoms with Gasteiger partial charge in [0.05, 0.1) is 45.0 Å². The van der Waals surface area contributed by atoms with Gasteiger partial charge in [0.25, 0.3) is 11.7 Å². The molecule has 1 aromatic carbocycles. The molecule has 1 fully saturated rings. The number of fused-ring (bicyclic) bond motifs is 1. The number of carbonyl (C=O) groups excluding carboxylic acids is 2. The third-order valence-electron chi connectivity index (χ3n) is 7.23. The van der Waals surface area contributed by atoms with Gasteiger partial charge in [0.15, 0.2) is 17.3 Å². The number of carbonyl (C=O) groups is 2. The first-order chi connectivity index (χ1) is 19.3. The molecule has 0 saturated carbocycles. The molecular formula is C29H31N5O6. The highest BCUT2D eigenvalue weighted by molar-refractivity contribution is 6.46. The minimum absolute atomic E-state index is 0.0499. The van der Waals surface area contributed by atoms with Crippen LogP contribution in [0.1, 0.15) is 35.0 Å². The van der Waals surface area contributed by atoms with Gasteiger partial charge in [-0.2, -0.15) is 0 Å². The number of aliphatic hydroxyl groups is 1. The Bertz CT molecular complexity index is 1600. The predicted molar refractivity (Wildman–Crippen MR) is 147 cm³/mol. The molecule has 1 saturated heterocycles. The van der Waals surface area contributed by atoms with Crippen LogP contribution in [0.2, 0.25) is 0 Å². The van der Waals surface area contributed by atoms with E-state index in [0.29, 0.717) is 47.1 Å². The molecule has 0 spiro atoms. The Morgan fingerprint density at radius 3 is 2.35 bits per heavy atom. The highest BCUT2D eigenvalue weighted by atomic mass is 16.5. The summed E-state index contributed by atoms with van der Waals surface area (Å²) < 4.78 is 20.3. The number of ketones is 1. The molecule has 1 aliphatic heterocycles. The van der Waals surface area contributed by atoms with Gasteiger partial charge in [-0.15, -0.1) is 0 Å². The van der Waals surface area contributed by atoms with E-state index in [9.17, 15) is 14.7 Å². The maximum atomic E-state index is 13.6. The van der Waals surface area contributed by atoms with Crippen LogP contribution in [0.25, 0.3) is 11.4 Å². The van der Waals surface area contributed by atoms with E-state index in [2.05, 4.69) is 9.97 Å². The molecule has 3 aromatic heterocycles. The van der Waals surface area contributed by atoms with Crippen LogP contribution >= 0.6 is 0 Å². The van der Waals surface area contributed by atoms with Crippen molar-refractivity contribution in [2.24, 2.45) is 0 Å². The van der Waals surface area contributed by atoms with Crippen molar-refractivity contribution in [2.45, 2.75) is 32.9 Å². The fraction of sp³-hybridized carbons (Fsp3) is 0.310. The number of imidazole rings is 2. The fourth-order valence-corrected chi connectivity index (χ4v) is 5.23. The predicted octanol–water partition coefficient (Wildman–Crippen LogP) is 3.69. The van der Waals surface area contributed by atoms with Crippen molar-refractivity contribution in [3.8, 4) is 17.2 Å². The molecule has 1 N–H and O–H groups in total. The van der Waals surface area contributed by atoms with Crippen LogP contribution in [-0.2, 0) is 16.1 Å². The molecule has 0 aliphatic carbocycles. The van der Waals surface area contributed by atoms with Gasteiger partial charge in [-0.05, 0) is 49.6 Å². The first-order valence-electron chi connectivity index (χ1n) is 12.8. The quantitative estimate of drug-likeness (QED) is 0.192. The topological polar surface area (TPSA) is 120 Å². The Morgan fingerprint density at radius 1 is 1.02 bits per heavy atom. The summed E-state index contributed by atoms with van der Waals surface area (Å²) in [7, 11) is 4.48. The van der Waals surface area contributed by atoms with Crippen molar-refractivity contribution >= 4 is 23.1 Å². The largest absolute Gasteiger partial charge is 0.505 e. The highest BCUT2D eigenvalue weighted by Crippen LogP contribution is 2.46. The third kappa shape index (κ3) is 4.42. The highest BCUT2D eigenvalue weighted by Gasteiger charge is 2.47. The summed E-state index contributed by atoms with van der Waals surface area (Å²) in [5.74, 6) is -0.733. The van der Waals surface area contributed by atoms with E-state index in [1.54, 1.807) is 24.7 Å². The second-order valence-corrected chi connectivity index (χ2v) is 9.54. The van der Waals surface area contributed by atoms with E-state index in [0.717, 1.165) is 5.56 Å². The van der Waals surface area contributed by atoms with E-state index in [1.165, 1.54) is 26.2 Å². The van der Waals surface area contributed by atoms with Gasteiger partial charge in [0, 0.05) is 31.7 Å². The van der Waals surface area contributed by atoms with Crippen LogP contribution < -0.4 is 14.2 Å². The van der Waals surface area contributed by atoms with Crippen molar-refractivity contribution < 1.29 is 28.9 Å². The molecule has 11 heteroatoms. The standard InChI is InChI=1S/C29H31N5O6/c1-17-8-6-11-33-18(2)23(31-28(17)33)25(35)22-24(19-14-20(38-3)27(40-5)21(15-19)39-4)34(29(37)26(22)36)12-7-10-32-13-9-30-16-32/h6,8-9,11,13-16,24,35H,7,10,12H2,1-5H3. The molecule has 40 heavy (non-hydrogen) atoms. The second-order valence-electron chi connectivity index (χ2n) is 9.54. The van der Waals surface area contributed by atoms with Crippen molar-refractivity contribution in [3.05, 3.63) is 77.3 Å². The van der Waals surface area contributed by atoms with Gasteiger partial charge in [-0.3, -0.25) is 9.59 Å². The number of likely N-dealkylation sites (tertiary alicyclic amines) is 1. The number of aryl methyl sites for hydroxylation is 3. The fourth-order valence-electron chi connectivity index (χ4n) is 5.23. The number of ether oxygens (including phenoxy) is 3. The molecule has 0 bridgehead atoms. The van der Waals surface area contributed by atoms with E-state index in [-0.39, 0.29) is 23.6 Å². The van der Waals surface area contributed by atoms with E-state index < -0.39 is 17.7 Å². The van der Waals surface area contributed by atoms with Crippen LogP contribution in [0.15, 0.2) is 54.8 Å². The van der Waals surface area contributed by atoms with Crippen LogP contribution in [0.3, 0.4) is 0 Å². The zero-order valence-electron chi connectivity index (χ0n) is 23.0. The number of Topliss-reactive ketones (excluding diaryl/α,β-unsaturated/α-hetero) is 1. The molecule has 4 heterocycles. The molecule has 1 unspecified atom stereocenters. The maximum absolute atomic E-state index is 13.6. The molecule has 208 valence electrons. The van der Waals surface area contributed by atoms with Gasteiger partial charge in [-0.1, -0.05) is 6.07 Å². The average Bonchev–Trinajstić information content (AvgIpc) is 3.66. The molecule has 5 rings (SSSR count). The normalized spacial score (nSPS) is 16.6. The summed E-state index contributed by atoms with van der Waals surface area (Å²) in [6.07, 6.45) is 7.60. The Balaban J connectivity index is 1.67. The third-order valence-corrected chi connectivity index (χ3v) is 7.23. The van der Waals surface area contributed by atoms with E-state index >= 15 is 0 Å². The number of aliphatic hydroxyl groups excluding tert-OH is 1. The van der Waals surface area contributed by atoms with Crippen molar-refractivity contribution in [2.75, 3.05) is 27.9 Å². The van der Waals surface area contributed by atoms with Crippen LogP contribution in [-0.4, -0.2) is 68.5 Å². The summed E-state index contributed by atoms with van der Waals surface area (Å²) in [5, 5.41) is 11.7. The Morgan fingerprint density at radius 2 is 1.75 bits per heavy atom. The number of rotatable bonds is 9. The average molecular weight is 546 g/mol. The molecular weight excluding hydrogens is 514 g/mol. The lowest BCUT2D eigenvalue weighted by molar-refractivity contribution is -0.139. The lowest BCUT2D eigenvalue weighted by atomic mass is 9.95. The SMILES string of the molecule is COc1cc(C2C(=C(O)c3nc4c(C)cccn4c3C)C(=O)C(=O)N2CCCn2ccnc2)cc(OC)c1OC. The monoisotopic (exact) mass is 545 g/mol. The minimum atomic E-state index is -0.915. The number of benzene rings is 1. The smallest absolute Gasteiger partial charge is 0.295 e. The first-order valence-corrected chi connectivity index (χ1v) is 12.8. The van der Waals surface area contributed by atoms with Crippen LogP contribution in [0.5, 0.6) is 17.2 Å². The molecule has 1 atom stereocenters. The second kappa shape index (κ2) is 10.8. The summed E-state index contributed by atoms with van der Waals surface area (Å²) in [4.78, 5) is 37.2. The molecule has 0 radical (unpaired) electrons. The summed E-state index contributed by atoms with van der Waals surface area (Å²) in [6.45, 7) is 4.57. The number of methoxy groups -OCH3 is 3. The Kier molecular flexibility index (Phi) is 7.20. The van der Waals surface area contributed by atoms with Crippen molar-refractivity contribution in [1.82, 2.24) is 23.8 Å². The Labute approximate surface area is 231 Å². The van der Waals surface area contributed by atoms with Gasteiger partial charge in [0.1, 0.15) is 11.3 Å². The summed E-state index contributed by atoms with van der Waals surface area (Å²) in [6, 6.07) is 6.27. The van der Waals surface area contributed by atoms with Crippen molar-refractivity contribution in [3.63, 3.8) is 0 Å². The first kappa shape index (κ1) is 26.8. The lowest BCUT2D eigenvalue weighted by Crippen LogP contribution is -2.31. The van der Waals surface area contributed by atoms with Crippen LogP contribution in [0, 0.1) is 13.8 Å². The summed E-state index contributed by atoms with van der Waals surface area (Å²) in [5.41, 5.74) is 2.92. The number of nitrogens with zero attached hydrogens (tertiary/aromatic N) is 5. The Hall–Kier alpha value is -4.80. The number of hydrogen-bond donors (Lipinski definition) is 1. The van der Waals surface area contributed by atoms with Gasteiger partial charge >= 0.3 is 0 Å². The zero-order chi connectivity index (χ0) is 28.6. The number of aromatic nitrogens is 4.